The first-order valence-corrected chi connectivity index (χ1v) is 9.45. The number of halogens is 4. The van der Waals surface area contributed by atoms with Crippen LogP contribution in [0.1, 0.15) is 16.9 Å². The number of anilines is 1. The third-order valence-electron chi connectivity index (χ3n) is 3.80. The van der Waals surface area contributed by atoms with Crippen LogP contribution in [0.5, 0.6) is 0 Å². The molecular weight excluding hydrogens is 453 g/mol. The van der Waals surface area contributed by atoms with E-state index in [2.05, 4.69) is 36.5 Å². The molecule has 0 spiro atoms. The van der Waals surface area contributed by atoms with Crippen LogP contribution in [0.2, 0.25) is 0 Å². The molecule has 2 N–H and O–H groups in total. The van der Waals surface area contributed by atoms with Gasteiger partial charge in [0.15, 0.2) is 0 Å². The first kappa shape index (κ1) is 22.8. The first-order valence-electron chi connectivity index (χ1n) is 8.65. The van der Waals surface area contributed by atoms with Gasteiger partial charge in [-0.2, -0.15) is 0 Å². The standard InChI is InChI=1S/C12H8BrFN2O.C7H12F2N2O/c13-8-1-6-11(15-7-8)12(17)16-10-4-2-9(14)3-5-10;1-10-6-4-12-3-2-5(11-6)7(8)9/h1-7H,(H,16,17);5,7H,2-4H2,1H3,(H,10,11). The number of ether oxygens (including phenoxy) is 1. The lowest BCUT2D eigenvalue weighted by molar-refractivity contribution is 0.0904. The second-order valence-corrected chi connectivity index (χ2v) is 6.84. The number of carbonyl (C=O) groups is 1. The molecule has 2 aromatic rings. The highest BCUT2D eigenvalue weighted by atomic mass is 79.9. The van der Waals surface area contributed by atoms with Gasteiger partial charge in [-0.25, -0.2) is 18.2 Å². The van der Waals surface area contributed by atoms with Gasteiger partial charge in [0.05, 0.1) is 6.04 Å². The second-order valence-electron chi connectivity index (χ2n) is 5.92. The van der Waals surface area contributed by atoms with Crippen LogP contribution in [0, 0.1) is 5.82 Å². The molecule has 0 saturated carbocycles. The number of aromatic nitrogens is 1. The van der Waals surface area contributed by atoms with E-state index in [0.29, 0.717) is 36.9 Å². The monoisotopic (exact) mass is 472 g/mol. The Kier molecular flexibility index (Phi) is 9.07. The van der Waals surface area contributed by atoms with Crippen molar-refractivity contribution in [1.82, 2.24) is 10.3 Å². The van der Waals surface area contributed by atoms with E-state index in [1.165, 1.54) is 24.3 Å². The van der Waals surface area contributed by atoms with Crippen molar-refractivity contribution in [3.05, 3.63) is 58.6 Å². The Bertz CT molecular complexity index is 817. The molecule has 1 atom stereocenters. The van der Waals surface area contributed by atoms with Crippen LogP contribution in [-0.4, -0.2) is 49.5 Å². The van der Waals surface area contributed by atoms with Gasteiger partial charge in [0.25, 0.3) is 12.3 Å². The Balaban J connectivity index is 0.000000221. The Labute approximate surface area is 174 Å². The summed E-state index contributed by atoms with van der Waals surface area (Å²) in [4.78, 5) is 19.5. The molecular formula is C19H20BrF3N4O2. The van der Waals surface area contributed by atoms with Gasteiger partial charge in [-0.05, 0) is 58.7 Å². The molecule has 1 aromatic carbocycles. The fraction of sp³-hybridized carbons (Fsp3) is 0.316. The van der Waals surface area contributed by atoms with Gasteiger partial charge in [0.1, 0.15) is 24.0 Å². The van der Waals surface area contributed by atoms with E-state index in [4.69, 9.17) is 4.74 Å². The molecule has 3 rings (SSSR count). The van der Waals surface area contributed by atoms with Gasteiger partial charge < -0.3 is 15.4 Å². The molecule has 0 bridgehead atoms. The third kappa shape index (κ3) is 7.82. The van der Waals surface area contributed by atoms with E-state index in [1.54, 1.807) is 25.4 Å². The number of hydrogen-bond donors (Lipinski definition) is 2. The van der Waals surface area contributed by atoms with Crippen LogP contribution in [0.25, 0.3) is 0 Å². The van der Waals surface area contributed by atoms with E-state index in [-0.39, 0.29) is 11.7 Å². The maximum absolute atomic E-state index is 12.7. The van der Waals surface area contributed by atoms with Crippen molar-refractivity contribution >= 4 is 33.4 Å². The summed E-state index contributed by atoms with van der Waals surface area (Å²) in [6, 6.07) is 8.06. The number of carbonyl (C=O) groups excluding carboxylic acids is 1. The fourth-order valence-electron chi connectivity index (χ4n) is 2.26. The van der Waals surface area contributed by atoms with Gasteiger partial charge in [-0.15, -0.1) is 0 Å². The van der Waals surface area contributed by atoms with Gasteiger partial charge in [0.2, 0.25) is 0 Å². The predicted octanol–water partition coefficient (Wildman–Crippen LogP) is 3.89. The van der Waals surface area contributed by atoms with Crippen molar-refractivity contribution in [3.63, 3.8) is 0 Å². The minimum absolute atomic E-state index is 0.303. The minimum Gasteiger partial charge on any atom is -0.373 e. The molecule has 0 radical (unpaired) electrons. The number of nitrogens with zero attached hydrogens (tertiary/aromatic N) is 2. The molecule has 10 heteroatoms. The molecule has 1 saturated heterocycles. The van der Waals surface area contributed by atoms with Crippen LogP contribution < -0.4 is 10.6 Å². The first-order chi connectivity index (χ1) is 13.9. The molecule has 29 heavy (non-hydrogen) atoms. The van der Waals surface area contributed by atoms with Crippen molar-refractivity contribution < 1.29 is 22.7 Å². The summed E-state index contributed by atoms with van der Waals surface area (Å²) in [5.74, 6) is -0.174. The Morgan fingerprint density at radius 1 is 1.31 bits per heavy atom. The zero-order valence-corrected chi connectivity index (χ0v) is 17.1. The summed E-state index contributed by atoms with van der Waals surface area (Å²) in [7, 11) is 1.56. The Hall–Kier alpha value is -2.46. The van der Waals surface area contributed by atoms with Gasteiger partial charge in [-0.3, -0.25) is 9.79 Å². The van der Waals surface area contributed by atoms with E-state index in [0.717, 1.165) is 4.47 Å². The number of hydrogen-bond acceptors (Lipinski definition) is 4. The molecule has 6 nitrogen and oxygen atoms in total. The molecule has 0 aliphatic carbocycles. The van der Waals surface area contributed by atoms with Crippen LogP contribution in [0.3, 0.4) is 0 Å². The van der Waals surface area contributed by atoms with E-state index in [9.17, 15) is 18.0 Å². The average molecular weight is 473 g/mol. The summed E-state index contributed by atoms with van der Waals surface area (Å²) in [6.45, 7) is 0.667. The lowest BCUT2D eigenvalue weighted by atomic mass is 10.2. The summed E-state index contributed by atoms with van der Waals surface area (Å²) < 4.78 is 43.0. The van der Waals surface area contributed by atoms with Gasteiger partial charge >= 0.3 is 0 Å². The number of benzene rings is 1. The van der Waals surface area contributed by atoms with E-state index < -0.39 is 12.5 Å². The minimum atomic E-state index is -2.36. The largest absolute Gasteiger partial charge is 0.373 e. The molecule has 1 fully saturated rings. The second kappa shape index (κ2) is 11.5. The molecule has 2 heterocycles. The maximum Gasteiger partial charge on any atom is 0.274 e. The van der Waals surface area contributed by atoms with Crippen molar-refractivity contribution in [2.45, 2.75) is 18.9 Å². The van der Waals surface area contributed by atoms with Crippen LogP contribution in [0.4, 0.5) is 18.9 Å². The predicted molar refractivity (Wildman–Crippen MR) is 108 cm³/mol. The number of alkyl halides is 2. The van der Waals surface area contributed by atoms with E-state index >= 15 is 0 Å². The van der Waals surface area contributed by atoms with Gasteiger partial charge in [0, 0.05) is 30.0 Å². The summed E-state index contributed by atoms with van der Waals surface area (Å²) in [6.07, 6.45) is -0.487. The van der Waals surface area contributed by atoms with Crippen molar-refractivity contribution in [2.75, 3.05) is 25.6 Å². The normalized spacial score (nSPS) is 17.7. The van der Waals surface area contributed by atoms with Crippen molar-refractivity contribution in [1.29, 1.82) is 0 Å². The zero-order chi connectivity index (χ0) is 21.2. The average Bonchev–Trinajstić information content (AvgIpc) is 2.97. The van der Waals surface area contributed by atoms with Gasteiger partial charge in [-0.1, -0.05) is 0 Å². The van der Waals surface area contributed by atoms with E-state index in [1.807, 2.05) is 0 Å². The lowest BCUT2D eigenvalue weighted by Crippen LogP contribution is -2.39. The molecule has 1 unspecified atom stereocenters. The lowest BCUT2D eigenvalue weighted by Gasteiger charge is -2.14. The number of rotatable bonds is 3. The van der Waals surface area contributed by atoms with Crippen LogP contribution in [-0.2, 0) is 4.74 Å². The molecule has 1 amide bonds. The fourth-order valence-corrected chi connectivity index (χ4v) is 2.50. The molecule has 1 aromatic heterocycles. The number of aliphatic imine (C=N–C) groups is 1. The smallest absolute Gasteiger partial charge is 0.274 e. The zero-order valence-electron chi connectivity index (χ0n) is 15.5. The SMILES string of the molecule is CN=C1COCCC(C(F)F)N1.O=C(Nc1ccc(F)cc1)c1ccc(Br)cn1. The molecule has 1 aliphatic rings. The highest BCUT2D eigenvalue weighted by molar-refractivity contribution is 9.10. The summed E-state index contributed by atoms with van der Waals surface area (Å²) >= 11 is 3.23. The van der Waals surface area contributed by atoms with Crippen LogP contribution in [0.15, 0.2) is 52.1 Å². The van der Waals surface area contributed by atoms with Crippen molar-refractivity contribution in [2.24, 2.45) is 4.99 Å². The number of amides is 1. The summed E-state index contributed by atoms with van der Waals surface area (Å²) in [5, 5.41) is 5.26. The highest BCUT2D eigenvalue weighted by Crippen LogP contribution is 2.12. The Morgan fingerprint density at radius 3 is 2.62 bits per heavy atom. The topological polar surface area (TPSA) is 75.6 Å². The number of amidine groups is 1. The van der Waals surface area contributed by atoms with Crippen LogP contribution >= 0.6 is 15.9 Å². The highest BCUT2D eigenvalue weighted by Gasteiger charge is 2.23. The quantitative estimate of drug-likeness (QED) is 0.710. The number of nitrogens with one attached hydrogen (secondary N) is 2. The maximum atomic E-state index is 12.7. The summed E-state index contributed by atoms with van der Waals surface area (Å²) in [5.41, 5.74) is 0.832. The molecule has 156 valence electrons. The Morgan fingerprint density at radius 2 is 2.03 bits per heavy atom. The number of pyridine rings is 1. The molecule has 1 aliphatic heterocycles. The van der Waals surface area contributed by atoms with Crippen molar-refractivity contribution in [3.8, 4) is 0 Å². The third-order valence-corrected chi connectivity index (χ3v) is 4.27.